The van der Waals surface area contributed by atoms with E-state index in [1.54, 1.807) is 26.8 Å². The van der Waals surface area contributed by atoms with Gasteiger partial charge in [-0.1, -0.05) is 6.08 Å². The van der Waals surface area contributed by atoms with Gasteiger partial charge in [-0.15, -0.1) is 0 Å². The highest BCUT2D eigenvalue weighted by Gasteiger charge is 2.36. The molecule has 1 amide bonds. The first-order chi connectivity index (χ1) is 9.26. The zero-order valence-electron chi connectivity index (χ0n) is 12.3. The number of amides is 1. The van der Waals surface area contributed by atoms with E-state index in [0.29, 0.717) is 13.0 Å². The van der Waals surface area contributed by atoms with Gasteiger partial charge in [-0.3, -0.25) is 4.90 Å². The van der Waals surface area contributed by atoms with Crippen LogP contribution in [0.2, 0.25) is 0 Å². The molecule has 112 valence electrons. The number of nitrogens with zero attached hydrogens (tertiary/aromatic N) is 1. The van der Waals surface area contributed by atoms with Gasteiger partial charge in [0.1, 0.15) is 11.9 Å². The van der Waals surface area contributed by atoms with Crippen LogP contribution in [0, 0.1) is 5.92 Å². The van der Waals surface area contributed by atoms with Crippen LogP contribution < -0.4 is 0 Å². The van der Waals surface area contributed by atoms with E-state index in [0.717, 1.165) is 6.29 Å². The molecule has 1 rings (SSSR count). The fourth-order valence-corrected chi connectivity index (χ4v) is 1.98. The average molecular weight is 283 g/mol. The molecular weight excluding hydrogens is 262 g/mol. The lowest BCUT2D eigenvalue weighted by Gasteiger charge is -2.26. The molecule has 1 aliphatic heterocycles. The SMILES string of the molecule is COC(=O)/C=C/[C@H]1C[C@@H](C=O)N(C(=O)OC(C)(C)C)C1. The van der Waals surface area contributed by atoms with Crippen molar-refractivity contribution >= 4 is 18.3 Å². The summed E-state index contributed by atoms with van der Waals surface area (Å²) in [7, 11) is 1.29. The van der Waals surface area contributed by atoms with E-state index in [4.69, 9.17) is 4.74 Å². The molecule has 1 saturated heterocycles. The Kier molecular flexibility index (Phi) is 5.30. The highest BCUT2D eigenvalue weighted by Crippen LogP contribution is 2.25. The fraction of sp³-hybridized carbons (Fsp3) is 0.643. The van der Waals surface area contributed by atoms with Crippen molar-refractivity contribution in [2.24, 2.45) is 5.92 Å². The Morgan fingerprint density at radius 3 is 2.45 bits per heavy atom. The lowest BCUT2D eigenvalue weighted by Crippen LogP contribution is -2.40. The molecule has 0 aromatic carbocycles. The van der Waals surface area contributed by atoms with E-state index in [2.05, 4.69) is 4.74 Å². The number of rotatable bonds is 3. The summed E-state index contributed by atoms with van der Waals surface area (Å²) >= 11 is 0. The second kappa shape index (κ2) is 6.54. The highest BCUT2D eigenvalue weighted by molar-refractivity contribution is 5.82. The van der Waals surface area contributed by atoms with Crippen molar-refractivity contribution < 1.29 is 23.9 Å². The summed E-state index contributed by atoms with van der Waals surface area (Å²) in [5, 5.41) is 0. The largest absolute Gasteiger partial charge is 0.466 e. The first kappa shape index (κ1) is 16.2. The van der Waals surface area contributed by atoms with Crippen LogP contribution >= 0.6 is 0 Å². The first-order valence-corrected chi connectivity index (χ1v) is 6.48. The van der Waals surface area contributed by atoms with E-state index < -0.39 is 23.7 Å². The number of aldehydes is 1. The van der Waals surface area contributed by atoms with Gasteiger partial charge >= 0.3 is 12.1 Å². The van der Waals surface area contributed by atoms with Gasteiger partial charge in [0.15, 0.2) is 0 Å². The summed E-state index contributed by atoms with van der Waals surface area (Å²) < 4.78 is 9.76. The van der Waals surface area contributed by atoms with Crippen molar-refractivity contribution in [3.05, 3.63) is 12.2 Å². The minimum Gasteiger partial charge on any atom is -0.466 e. The van der Waals surface area contributed by atoms with E-state index >= 15 is 0 Å². The van der Waals surface area contributed by atoms with Crippen molar-refractivity contribution in [1.29, 1.82) is 0 Å². The number of likely N-dealkylation sites (tertiary alicyclic amines) is 1. The summed E-state index contributed by atoms with van der Waals surface area (Å²) in [6, 6.07) is -0.517. The third kappa shape index (κ3) is 4.68. The molecule has 2 atom stereocenters. The second-order valence-corrected chi connectivity index (χ2v) is 5.71. The summed E-state index contributed by atoms with van der Waals surface area (Å²) in [5.74, 6) is -0.514. The van der Waals surface area contributed by atoms with Crippen molar-refractivity contribution in [2.45, 2.75) is 38.8 Å². The van der Waals surface area contributed by atoms with Crippen LogP contribution in [0.15, 0.2) is 12.2 Å². The van der Waals surface area contributed by atoms with Crippen LogP contribution in [0.5, 0.6) is 0 Å². The maximum Gasteiger partial charge on any atom is 0.410 e. The molecular formula is C14H21NO5. The molecule has 1 fully saturated rings. The van der Waals surface area contributed by atoms with Crippen LogP contribution in [0.3, 0.4) is 0 Å². The van der Waals surface area contributed by atoms with Gasteiger partial charge < -0.3 is 14.3 Å². The zero-order chi connectivity index (χ0) is 15.3. The summed E-state index contributed by atoms with van der Waals surface area (Å²) in [6.45, 7) is 5.66. The van der Waals surface area contributed by atoms with Crippen LogP contribution in [-0.4, -0.2) is 48.5 Å². The third-order valence-corrected chi connectivity index (χ3v) is 2.87. The van der Waals surface area contributed by atoms with Crippen LogP contribution in [0.25, 0.3) is 0 Å². The molecule has 0 N–H and O–H groups in total. The van der Waals surface area contributed by atoms with Gasteiger partial charge in [0, 0.05) is 12.6 Å². The predicted molar refractivity (Wildman–Crippen MR) is 72.1 cm³/mol. The summed E-state index contributed by atoms with van der Waals surface area (Å²) in [4.78, 5) is 35.5. The van der Waals surface area contributed by atoms with Crippen molar-refractivity contribution in [1.82, 2.24) is 4.90 Å². The van der Waals surface area contributed by atoms with Crippen molar-refractivity contribution in [3.8, 4) is 0 Å². The Hall–Kier alpha value is -1.85. The van der Waals surface area contributed by atoms with Gasteiger partial charge in [0.25, 0.3) is 0 Å². The number of esters is 1. The van der Waals surface area contributed by atoms with Gasteiger partial charge in [-0.2, -0.15) is 0 Å². The number of carbonyl (C=O) groups excluding carboxylic acids is 3. The lowest BCUT2D eigenvalue weighted by atomic mass is 10.1. The Morgan fingerprint density at radius 1 is 1.30 bits per heavy atom. The minimum atomic E-state index is -0.607. The van der Waals surface area contributed by atoms with Crippen LogP contribution in [-0.2, 0) is 19.1 Å². The smallest absolute Gasteiger partial charge is 0.410 e. The molecule has 0 aromatic rings. The van der Waals surface area contributed by atoms with E-state index in [9.17, 15) is 14.4 Å². The molecule has 0 spiro atoms. The predicted octanol–water partition coefficient (Wildman–Crippen LogP) is 1.54. The molecule has 6 nitrogen and oxygen atoms in total. The van der Waals surface area contributed by atoms with Gasteiger partial charge in [-0.25, -0.2) is 9.59 Å². The molecule has 0 radical (unpaired) electrons. The van der Waals surface area contributed by atoms with E-state index in [1.165, 1.54) is 18.1 Å². The number of hydrogen-bond acceptors (Lipinski definition) is 5. The molecule has 1 heterocycles. The zero-order valence-corrected chi connectivity index (χ0v) is 12.3. The maximum atomic E-state index is 12.0. The molecule has 0 aromatic heterocycles. The molecule has 1 aliphatic rings. The van der Waals surface area contributed by atoms with Gasteiger partial charge in [0.2, 0.25) is 0 Å². The average Bonchev–Trinajstić information content (AvgIpc) is 2.77. The molecule has 6 heteroatoms. The third-order valence-electron chi connectivity index (χ3n) is 2.87. The topological polar surface area (TPSA) is 72.9 Å². The Bertz CT molecular complexity index is 410. The number of methoxy groups -OCH3 is 1. The lowest BCUT2D eigenvalue weighted by molar-refractivity contribution is -0.134. The van der Waals surface area contributed by atoms with Gasteiger partial charge in [0.05, 0.1) is 13.2 Å². The van der Waals surface area contributed by atoms with E-state index in [1.807, 2.05) is 0 Å². The summed E-state index contributed by atoms with van der Waals surface area (Å²) in [5.41, 5.74) is -0.607. The van der Waals surface area contributed by atoms with Crippen molar-refractivity contribution in [2.75, 3.05) is 13.7 Å². The Morgan fingerprint density at radius 2 is 1.95 bits per heavy atom. The minimum absolute atomic E-state index is 0.0585. The molecule has 0 aliphatic carbocycles. The highest BCUT2D eigenvalue weighted by atomic mass is 16.6. The quantitative estimate of drug-likeness (QED) is 0.446. The monoisotopic (exact) mass is 283 g/mol. The second-order valence-electron chi connectivity index (χ2n) is 5.71. The Balaban J connectivity index is 2.69. The van der Waals surface area contributed by atoms with Crippen LogP contribution in [0.4, 0.5) is 4.79 Å². The summed E-state index contributed by atoms with van der Waals surface area (Å²) in [6.07, 6.45) is 3.67. The number of ether oxygens (including phenoxy) is 2. The van der Waals surface area contributed by atoms with Crippen molar-refractivity contribution in [3.63, 3.8) is 0 Å². The van der Waals surface area contributed by atoms with Gasteiger partial charge in [-0.05, 0) is 33.1 Å². The molecule has 20 heavy (non-hydrogen) atoms. The Labute approximate surface area is 118 Å². The van der Waals surface area contributed by atoms with E-state index in [-0.39, 0.29) is 5.92 Å². The maximum absolute atomic E-state index is 12.0. The molecule has 0 saturated carbocycles. The first-order valence-electron chi connectivity index (χ1n) is 6.48. The van der Waals surface area contributed by atoms with Crippen LogP contribution in [0.1, 0.15) is 27.2 Å². The standard InChI is InChI=1S/C14H21NO5/c1-14(2,3)20-13(18)15-8-10(7-11(15)9-16)5-6-12(17)19-4/h5-6,9-11H,7-8H2,1-4H3/b6-5+/t10-,11-/m0/s1. The normalized spacial score (nSPS) is 22.9. The number of hydrogen-bond donors (Lipinski definition) is 0. The molecule has 0 bridgehead atoms. The fourth-order valence-electron chi connectivity index (χ4n) is 1.98. The molecule has 0 unspecified atom stereocenters. The number of carbonyl (C=O) groups is 3.